The fourth-order valence-electron chi connectivity index (χ4n) is 2.45. The van der Waals surface area contributed by atoms with E-state index < -0.39 is 0 Å². The van der Waals surface area contributed by atoms with Crippen LogP contribution >= 0.6 is 0 Å². The maximum Gasteiger partial charge on any atom is 0.320 e. The molecule has 0 radical (unpaired) electrons. The summed E-state index contributed by atoms with van der Waals surface area (Å²) in [5.41, 5.74) is 6.04. The van der Waals surface area contributed by atoms with Crippen LogP contribution in [0.4, 0.5) is 4.79 Å². The molecule has 2 fully saturated rings. The van der Waals surface area contributed by atoms with Crippen molar-refractivity contribution >= 4 is 6.03 Å². The van der Waals surface area contributed by atoms with Gasteiger partial charge in [0.05, 0.1) is 5.54 Å². The third-order valence-corrected chi connectivity index (χ3v) is 4.02. The minimum atomic E-state index is -0.147. The van der Waals surface area contributed by atoms with E-state index in [0.29, 0.717) is 5.92 Å². The van der Waals surface area contributed by atoms with E-state index in [-0.39, 0.29) is 11.6 Å². The summed E-state index contributed by atoms with van der Waals surface area (Å²) in [7, 11) is 0. The molecule has 0 atom stereocenters. The average molecular weight is 225 g/mol. The van der Waals surface area contributed by atoms with Gasteiger partial charge in [-0.2, -0.15) is 0 Å². The van der Waals surface area contributed by atoms with Crippen LogP contribution in [0.2, 0.25) is 0 Å². The lowest BCUT2D eigenvalue weighted by Gasteiger charge is -2.51. The van der Waals surface area contributed by atoms with Gasteiger partial charge in [-0.25, -0.2) is 4.79 Å². The fraction of sp³-hybridized carbons (Fsp3) is 0.917. The number of hydrogen-bond acceptors (Lipinski definition) is 2. The first-order valence-electron chi connectivity index (χ1n) is 6.36. The molecule has 92 valence electrons. The molecule has 2 N–H and O–H groups in total. The Kier molecular flexibility index (Phi) is 3.10. The van der Waals surface area contributed by atoms with E-state index in [1.54, 1.807) is 0 Å². The molecule has 2 aliphatic heterocycles. The minimum Gasteiger partial charge on any atom is -0.325 e. The van der Waals surface area contributed by atoms with Crippen molar-refractivity contribution < 1.29 is 4.79 Å². The second-order valence-corrected chi connectivity index (χ2v) is 5.57. The first-order valence-corrected chi connectivity index (χ1v) is 6.36. The molecule has 16 heavy (non-hydrogen) atoms. The molecule has 0 spiro atoms. The number of amides is 2. The summed E-state index contributed by atoms with van der Waals surface area (Å²) in [5.74, 6) is 0.443. The molecule has 0 aromatic rings. The van der Waals surface area contributed by atoms with Gasteiger partial charge in [-0.3, -0.25) is 0 Å². The van der Waals surface area contributed by atoms with Crippen molar-refractivity contribution in [3.8, 4) is 0 Å². The Morgan fingerprint density at radius 2 is 1.69 bits per heavy atom. The molecule has 0 unspecified atom stereocenters. The van der Waals surface area contributed by atoms with Crippen LogP contribution < -0.4 is 5.73 Å². The van der Waals surface area contributed by atoms with Gasteiger partial charge in [0.25, 0.3) is 0 Å². The number of nitrogens with zero attached hydrogens (tertiary/aromatic N) is 2. The van der Waals surface area contributed by atoms with Crippen molar-refractivity contribution in [3.63, 3.8) is 0 Å². The highest BCUT2D eigenvalue weighted by Gasteiger charge is 2.45. The van der Waals surface area contributed by atoms with Crippen LogP contribution in [0, 0.1) is 5.92 Å². The monoisotopic (exact) mass is 225 g/mol. The highest BCUT2D eigenvalue weighted by atomic mass is 16.2. The summed E-state index contributed by atoms with van der Waals surface area (Å²) in [6.07, 6.45) is 3.56. The average Bonchev–Trinajstić information content (AvgIpc) is 2.25. The van der Waals surface area contributed by atoms with Crippen molar-refractivity contribution in [3.05, 3.63) is 0 Å². The van der Waals surface area contributed by atoms with Gasteiger partial charge in [0.2, 0.25) is 0 Å². The van der Waals surface area contributed by atoms with Crippen molar-refractivity contribution in [2.45, 2.75) is 38.6 Å². The Hall–Kier alpha value is -0.770. The summed E-state index contributed by atoms with van der Waals surface area (Å²) in [6.45, 7) is 7.55. The van der Waals surface area contributed by atoms with Crippen LogP contribution in [0.25, 0.3) is 0 Å². The van der Waals surface area contributed by atoms with E-state index in [1.807, 2.05) is 9.80 Å². The predicted molar refractivity (Wildman–Crippen MR) is 64.1 cm³/mol. The van der Waals surface area contributed by atoms with Crippen molar-refractivity contribution in [2.24, 2.45) is 11.7 Å². The number of nitrogens with two attached hydrogens (primary N) is 1. The Labute approximate surface area is 97.8 Å². The Bertz CT molecular complexity index is 265. The molecular weight excluding hydrogens is 202 g/mol. The zero-order chi connectivity index (χ0) is 11.8. The Balaban J connectivity index is 1.84. The second-order valence-electron chi connectivity index (χ2n) is 5.57. The van der Waals surface area contributed by atoms with E-state index >= 15 is 0 Å². The highest BCUT2D eigenvalue weighted by molar-refractivity contribution is 5.76. The summed E-state index contributed by atoms with van der Waals surface area (Å²) in [4.78, 5) is 16.0. The van der Waals surface area contributed by atoms with Gasteiger partial charge in [-0.15, -0.1) is 0 Å². The van der Waals surface area contributed by atoms with Crippen LogP contribution in [-0.4, -0.2) is 47.5 Å². The largest absolute Gasteiger partial charge is 0.325 e. The SMILES string of the molecule is CC(C)C1(N)CN(C(=O)N2CCCCC2)C1. The topological polar surface area (TPSA) is 49.6 Å². The van der Waals surface area contributed by atoms with E-state index in [0.717, 1.165) is 39.0 Å². The third-order valence-electron chi connectivity index (χ3n) is 4.02. The molecule has 2 rings (SSSR count). The second kappa shape index (κ2) is 4.24. The number of piperidine rings is 1. The molecular formula is C12H23N3O. The molecule has 0 aromatic heterocycles. The van der Waals surface area contributed by atoms with Gasteiger partial charge in [-0.1, -0.05) is 13.8 Å². The number of rotatable bonds is 1. The summed E-state index contributed by atoms with van der Waals surface area (Å²) in [6, 6.07) is 0.196. The van der Waals surface area contributed by atoms with Crippen LogP contribution in [0.5, 0.6) is 0 Å². The van der Waals surface area contributed by atoms with Crippen molar-refractivity contribution in [1.29, 1.82) is 0 Å². The summed E-state index contributed by atoms with van der Waals surface area (Å²) in [5, 5.41) is 0. The lowest BCUT2D eigenvalue weighted by atomic mass is 9.80. The molecule has 2 heterocycles. The zero-order valence-electron chi connectivity index (χ0n) is 10.4. The quantitative estimate of drug-likeness (QED) is 0.730. The molecule has 0 aliphatic carbocycles. The lowest BCUT2D eigenvalue weighted by Crippen LogP contribution is -2.72. The van der Waals surface area contributed by atoms with E-state index in [4.69, 9.17) is 5.73 Å². The molecule has 0 saturated carbocycles. The van der Waals surface area contributed by atoms with Crippen LogP contribution in [0.1, 0.15) is 33.1 Å². The van der Waals surface area contributed by atoms with Crippen LogP contribution in [0.15, 0.2) is 0 Å². The summed E-state index contributed by atoms with van der Waals surface area (Å²) < 4.78 is 0. The molecule has 0 bridgehead atoms. The maximum atomic E-state index is 12.1. The Morgan fingerprint density at radius 1 is 1.12 bits per heavy atom. The molecule has 2 aliphatic rings. The van der Waals surface area contributed by atoms with E-state index in [9.17, 15) is 4.79 Å². The van der Waals surface area contributed by atoms with Gasteiger partial charge in [-0.05, 0) is 25.2 Å². The van der Waals surface area contributed by atoms with E-state index in [2.05, 4.69) is 13.8 Å². The normalized spacial score (nSPS) is 24.5. The standard InChI is InChI=1S/C12H23N3O/c1-10(2)12(13)8-15(9-12)11(16)14-6-4-3-5-7-14/h10H,3-9,13H2,1-2H3. The minimum absolute atomic E-state index is 0.147. The first kappa shape index (κ1) is 11.7. The van der Waals surface area contributed by atoms with Crippen molar-refractivity contribution in [1.82, 2.24) is 9.80 Å². The van der Waals surface area contributed by atoms with Gasteiger partial charge in [0.15, 0.2) is 0 Å². The number of carbonyl (C=O) groups is 1. The number of carbonyl (C=O) groups excluding carboxylic acids is 1. The lowest BCUT2D eigenvalue weighted by molar-refractivity contribution is 0.0443. The number of likely N-dealkylation sites (tertiary alicyclic amines) is 2. The molecule has 4 heteroatoms. The number of hydrogen-bond donors (Lipinski definition) is 1. The van der Waals surface area contributed by atoms with E-state index in [1.165, 1.54) is 6.42 Å². The molecule has 4 nitrogen and oxygen atoms in total. The molecule has 0 aromatic carbocycles. The van der Waals surface area contributed by atoms with Crippen molar-refractivity contribution in [2.75, 3.05) is 26.2 Å². The molecule has 2 amide bonds. The molecule has 2 saturated heterocycles. The summed E-state index contributed by atoms with van der Waals surface area (Å²) >= 11 is 0. The van der Waals surface area contributed by atoms with Gasteiger partial charge < -0.3 is 15.5 Å². The first-order chi connectivity index (χ1) is 7.53. The van der Waals surface area contributed by atoms with Gasteiger partial charge in [0, 0.05) is 26.2 Å². The number of urea groups is 1. The highest BCUT2D eigenvalue weighted by Crippen LogP contribution is 2.27. The van der Waals surface area contributed by atoms with Crippen LogP contribution in [-0.2, 0) is 0 Å². The third kappa shape index (κ3) is 2.03. The Morgan fingerprint density at radius 3 is 2.19 bits per heavy atom. The predicted octanol–water partition coefficient (Wildman–Crippen LogP) is 1.26. The van der Waals surface area contributed by atoms with Gasteiger partial charge >= 0.3 is 6.03 Å². The van der Waals surface area contributed by atoms with Crippen LogP contribution in [0.3, 0.4) is 0 Å². The maximum absolute atomic E-state index is 12.1. The van der Waals surface area contributed by atoms with Gasteiger partial charge in [0.1, 0.15) is 0 Å². The fourth-order valence-corrected chi connectivity index (χ4v) is 2.45. The zero-order valence-corrected chi connectivity index (χ0v) is 10.4. The smallest absolute Gasteiger partial charge is 0.320 e.